The van der Waals surface area contributed by atoms with E-state index in [1.807, 2.05) is 0 Å². The van der Waals surface area contributed by atoms with Crippen LogP contribution in [0.2, 0.25) is 0 Å². The summed E-state index contributed by atoms with van der Waals surface area (Å²) in [4.78, 5) is 33.9. The van der Waals surface area contributed by atoms with E-state index >= 15 is 0 Å². The Labute approximate surface area is 133 Å². The van der Waals surface area contributed by atoms with Crippen LogP contribution in [-0.4, -0.2) is 16.7 Å². The van der Waals surface area contributed by atoms with Gasteiger partial charge >= 0.3 is 0 Å². The summed E-state index contributed by atoms with van der Waals surface area (Å²) in [6.07, 6.45) is 7.40. The van der Waals surface area contributed by atoms with Crippen molar-refractivity contribution in [2.45, 2.75) is 32.1 Å². The van der Waals surface area contributed by atoms with E-state index in [1.54, 1.807) is 18.2 Å². The van der Waals surface area contributed by atoms with E-state index in [0.717, 1.165) is 38.2 Å². The third-order valence-corrected chi connectivity index (χ3v) is 3.83. The van der Waals surface area contributed by atoms with E-state index in [-0.39, 0.29) is 17.5 Å². The molecule has 2 amide bonds. The van der Waals surface area contributed by atoms with Gasteiger partial charge in [0.2, 0.25) is 5.91 Å². The van der Waals surface area contributed by atoms with Crippen molar-refractivity contribution in [3.8, 4) is 0 Å². The SMILES string of the molecule is O=C(/C=C/c1ccccc1[N+](=O)[O-])NNC(=O)C1CCCCC1. The first kappa shape index (κ1) is 16.7. The second kappa shape index (κ2) is 8.07. The Kier molecular flexibility index (Phi) is 5.85. The first-order valence-corrected chi connectivity index (χ1v) is 7.59. The molecule has 1 fully saturated rings. The quantitative estimate of drug-likeness (QED) is 0.505. The summed E-state index contributed by atoms with van der Waals surface area (Å²) in [6.45, 7) is 0. The number of para-hydroxylation sites is 1. The van der Waals surface area contributed by atoms with Gasteiger partial charge < -0.3 is 0 Å². The smallest absolute Gasteiger partial charge is 0.273 e. The van der Waals surface area contributed by atoms with Crippen LogP contribution in [0.5, 0.6) is 0 Å². The fourth-order valence-electron chi connectivity index (χ4n) is 2.59. The molecule has 1 saturated carbocycles. The molecular weight excluding hydrogens is 298 g/mol. The fourth-order valence-corrected chi connectivity index (χ4v) is 2.59. The van der Waals surface area contributed by atoms with Crippen LogP contribution in [0.4, 0.5) is 5.69 Å². The molecule has 7 heteroatoms. The lowest BCUT2D eigenvalue weighted by atomic mass is 9.89. The minimum atomic E-state index is -0.535. The van der Waals surface area contributed by atoms with Crippen molar-refractivity contribution in [3.63, 3.8) is 0 Å². The molecule has 0 spiro atoms. The lowest BCUT2D eigenvalue weighted by molar-refractivity contribution is -0.385. The average Bonchev–Trinajstić information content (AvgIpc) is 2.58. The molecule has 1 aromatic carbocycles. The van der Waals surface area contributed by atoms with Crippen molar-refractivity contribution in [2.24, 2.45) is 5.92 Å². The van der Waals surface area contributed by atoms with Crippen LogP contribution in [0.15, 0.2) is 30.3 Å². The number of nitro benzene ring substituents is 1. The molecule has 0 saturated heterocycles. The van der Waals surface area contributed by atoms with Crippen LogP contribution in [0, 0.1) is 16.0 Å². The Morgan fingerprint density at radius 3 is 2.52 bits per heavy atom. The number of carbonyl (C=O) groups is 2. The van der Waals surface area contributed by atoms with Crippen LogP contribution in [0.25, 0.3) is 6.08 Å². The molecular formula is C16H19N3O4. The van der Waals surface area contributed by atoms with Gasteiger partial charge in [0.15, 0.2) is 0 Å². The number of benzene rings is 1. The highest BCUT2D eigenvalue weighted by Crippen LogP contribution is 2.23. The second-order valence-corrected chi connectivity index (χ2v) is 5.46. The van der Waals surface area contributed by atoms with Gasteiger partial charge in [-0.1, -0.05) is 31.4 Å². The summed E-state index contributed by atoms with van der Waals surface area (Å²) in [5.41, 5.74) is 4.95. The molecule has 1 aliphatic rings. The predicted molar refractivity (Wildman–Crippen MR) is 85.0 cm³/mol. The standard InChI is InChI=1S/C16H19N3O4/c20-15(17-18-16(21)13-7-2-1-3-8-13)11-10-12-6-4-5-9-14(12)19(22)23/h4-6,9-11,13H,1-3,7-8H2,(H,17,20)(H,18,21)/b11-10+. The van der Waals surface area contributed by atoms with E-state index < -0.39 is 10.8 Å². The molecule has 2 rings (SSSR count). The third-order valence-electron chi connectivity index (χ3n) is 3.83. The van der Waals surface area contributed by atoms with Gasteiger partial charge in [-0.25, -0.2) is 0 Å². The highest BCUT2D eigenvalue weighted by molar-refractivity contribution is 5.93. The van der Waals surface area contributed by atoms with Gasteiger partial charge in [-0.15, -0.1) is 0 Å². The molecule has 1 aliphatic carbocycles. The van der Waals surface area contributed by atoms with Crippen molar-refractivity contribution in [2.75, 3.05) is 0 Å². The summed E-state index contributed by atoms with van der Waals surface area (Å²) >= 11 is 0. The van der Waals surface area contributed by atoms with Crippen molar-refractivity contribution < 1.29 is 14.5 Å². The highest BCUT2D eigenvalue weighted by Gasteiger charge is 2.21. The van der Waals surface area contributed by atoms with Gasteiger partial charge in [0.05, 0.1) is 10.5 Å². The monoisotopic (exact) mass is 317 g/mol. The van der Waals surface area contributed by atoms with E-state index in [9.17, 15) is 19.7 Å². The third kappa shape index (κ3) is 4.91. The highest BCUT2D eigenvalue weighted by atomic mass is 16.6. The Morgan fingerprint density at radius 1 is 1.13 bits per heavy atom. The van der Waals surface area contributed by atoms with E-state index in [1.165, 1.54) is 12.1 Å². The molecule has 2 N–H and O–H groups in total. The molecule has 0 atom stereocenters. The van der Waals surface area contributed by atoms with Crippen molar-refractivity contribution >= 4 is 23.6 Å². The lowest BCUT2D eigenvalue weighted by Gasteiger charge is -2.20. The topological polar surface area (TPSA) is 101 Å². The van der Waals surface area contributed by atoms with Crippen molar-refractivity contribution in [1.29, 1.82) is 0 Å². The molecule has 0 unspecified atom stereocenters. The maximum absolute atomic E-state index is 11.9. The Hall–Kier alpha value is -2.70. The summed E-state index contributed by atoms with van der Waals surface area (Å²) in [5, 5.41) is 10.9. The zero-order chi connectivity index (χ0) is 16.7. The van der Waals surface area contributed by atoms with Crippen LogP contribution < -0.4 is 10.9 Å². The number of hydrogen-bond acceptors (Lipinski definition) is 4. The molecule has 0 aromatic heterocycles. The van der Waals surface area contributed by atoms with Crippen molar-refractivity contribution in [1.82, 2.24) is 10.9 Å². The van der Waals surface area contributed by atoms with Gasteiger partial charge in [0.25, 0.3) is 11.6 Å². The number of nitro groups is 1. The van der Waals surface area contributed by atoms with Crippen molar-refractivity contribution in [3.05, 3.63) is 46.0 Å². The summed E-state index contributed by atoms with van der Waals surface area (Å²) in [5.74, 6) is -0.771. The first-order valence-electron chi connectivity index (χ1n) is 7.59. The minimum Gasteiger partial charge on any atom is -0.273 e. The number of hydrogen-bond donors (Lipinski definition) is 2. The minimum absolute atomic E-state index is 0.0526. The second-order valence-electron chi connectivity index (χ2n) is 5.46. The fraction of sp³-hybridized carbons (Fsp3) is 0.375. The Morgan fingerprint density at radius 2 is 1.83 bits per heavy atom. The molecule has 0 radical (unpaired) electrons. The molecule has 0 bridgehead atoms. The lowest BCUT2D eigenvalue weighted by Crippen LogP contribution is -2.44. The van der Waals surface area contributed by atoms with Gasteiger partial charge in [0, 0.05) is 18.1 Å². The summed E-state index contributed by atoms with van der Waals surface area (Å²) in [6, 6.07) is 6.11. The van der Waals surface area contributed by atoms with Gasteiger partial charge in [-0.05, 0) is 25.0 Å². The van der Waals surface area contributed by atoms with E-state index in [0.29, 0.717) is 5.56 Å². The van der Waals surface area contributed by atoms with E-state index in [4.69, 9.17) is 0 Å². The van der Waals surface area contributed by atoms with Gasteiger partial charge in [-0.2, -0.15) is 0 Å². The Bertz CT molecular complexity index is 622. The normalized spacial score (nSPS) is 15.3. The van der Waals surface area contributed by atoms with Crippen LogP contribution in [0.1, 0.15) is 37.7 Å². The maximum atomic E-state index is 11.9. The maximum Gasteiger partial charge on any atom is 0.276 e. The number of amides is 2. The van der Waals surface area contributed by atoms with Crippen LogP contribution in [-0.2, 0) is 9.59 Å². The molecule has 23 heavy (non-hydrogen) atoms. The predicted octanol–water partition coefficient (Wildman–Crippen LogP) is 2.34. The number of carbonyl (C=O) groups excluding carboxylic acids is 2. The number of nitrogens with one attached hydrogen (secondary N) is 2. The van der Waals surface area contributed by atoms with Crippen LogP contribution >= 0.6 is 0 Å². The van der Waals surface area contributed by atoms with Gasteiger partial charge in [0.1, 0.15) is 0 Å². The first-order chi connectivity index (χ1) is 11.1. The van der Waals surface area contributed by atoms with E-state index in [2.05, 4.69) is 10.9 Å². The number of hydrazine groups is 1. The molecule has 0 aliphatic heterocycles. The molecule has 1 aromatic rings. The largest absolute Gasteiger partial charge is 0.276 e. The summed E-state index contributed by atoms with van der Waals surface area (Å²) < 4.78 is 0. The zero-order valence-electron chi connectivity index (χ0n) is 12.7. The Balaban J connectivity index is 1.87. The van der Waals surface area contributed by atoms with Gasteiger partial charge in [-0.3, -0.25) is 30.6 Å². The molecule has 7 nitrogen and oxygen atoms in total. The molecule has 122 valence electrons. The zero-order valence-corrected chi connectivity index (χ0v) is 12.7. The number of rotatable bonds is 4. The number of nitrogens with zero attached hydrogens (tertiary/aromatic N) is 1. The summed E-state index contributed by atoms with van der Waals surface area (Å²) in [7, 11) is 0. The molecule has 0 heterocycles. The average molecular weight is 317 g/mol. The van der Waals surface area contributed by atoms with Crippen LogP contribution in [0.3, 0.4) is 0 Å².